The van der Waals surface area contributed by atoms with Gasteiger partial charge in [0.2, 0.25) is 5.91 Å². The van der Waals surface area contributed by atoms with Gasteiger partial charge in [0, 0.05) is 23.5 Å². The first-order valence-electron chi connectivity index (χ1n) is 9.06. The number of thioether (sulfide) groups is 1. The Morgan fingerprint density at radius 3 is 2.54 bits per heavy atom. The second kappa shape index (κ2) is 7.67. The molecule has 2 heterocycles. The Morgan fingerprint density at radius 2 is 1.79 bits per heavy atom. The average Bonchev–Trinajstić information content (AvgIpc) is 3.12. The molecular formula is C19H27ClN2OS. The van der Waals surface area contributed by atoms with Crippen molar-refractivity contribution in [3.63, 3.8) is 0 Å². The van der Waals surface area contributed by atoms with E-state index in [0.29, 0.717) is 18.0 Å². The maximum atomic E-state index is 13.6. The first kappa shape index (κ1) is 18.1. The van der Waals surface area contributed by atoms with Gasteiger partial charge in [-0.1, -0.05) is 31.0 Å². The Kier molecular flexibility index (Phi) is 5.78. The van der Waals surface area contributed by atoms with Crippen molar-refractivity contribution in [3.8, 4) is 0 Å². The summed E-state index contributed by atoms with van der Waals surface area (Å²) in [6.07, 6.45) is 7.94. The summed E-state index contributed by atoms with van der Waals surface area (Å²) in [7, 11) is 0. The third kappa shape index (κ3) is 3.33. The fourth-order valence-electron chi connectivity index (χ4n) is 4.57. The number of carbonyl (C=O) groups is 1. The topological polar surface area (TPSA) is 32.3 Å². The highest BCUT2D eigenvalue weighted by atomic mass is 35.5. The van der Waals surface area contributed by atoms with E-state index in [9.17, 15) is 4.79 Å². The smallest absolute Gasteiger partial charge is 0.239 e. The molecule has 1 aromatic rings. The molecule has 2 bridgehead atoms. The number of hydrogen-bond acceptors (Lipinski definition) is 3. The van der Waals surface area contributed by atoms with Crippen molar-refractivity contribution in [1.29, 1.82) is 0 Å². The summed E-state index contributed by atoms with van der Waals surface area (Å²) in [4.78, 5) is 17.1. The Hall–Kier alpha value is -0.710. The number of rotatable bonds is 3. The summed E-state index contributed by atoms with van der Waals surface area (Å²) >= 11 is 1.83. The van der Waals surface area contributed by atoms with Crippen molar-refractivity contribution in [1.82, 2.24) is 10.2 Å². The van der Waals surface area contributed by atoms with Crippen LogP contribution >= 0.6 is 24.2 Å². The van der Waals surface area contributed by atoms with E-state index in [1.807, 2.05) is 17.8 Å². The lowest BCUT2D eigenvalue weighted by Crippen LogP contribution is -2.51. The minimum Gasteiger partial charge on any atom is -0.334 e. The third-order valence-corrected chi connectivity index (χ3v) is 7.23. The second-order valence-corrected chi connectivity index (χ2v) is 8.66. The molecule has 1 aliphatic carbocycles. The molecule has 3 aliphatic rings. The predicted molar refractivity (Wildman–Crippen MR) is 102 cm³/mol. The van der Waals surface area contributed by atoms with Crippen LogP contribution in [0.15, 0.2) is 35.2 Å². The van der Waals surface area contributed by atoms with Gasteiger partial charge in [-0.05, 0) is 50.8 Å². The lowest BCUT2D eigenvalue weighted by molar-refractivity contribution is -0.136. The normalized spacial score (nSPS) is 28.2. The van der Waals surface area contributed by atoms with Crippen molar-refractivity contribution in [2.75, 3.05) is 13.1 Å². The first-order chi connectivity index (χ1) is 11.3. The first-order valence-corrected chi connectivity index (χ1v) is 9.88. The number of amides is 1. The summed E-state index contributed by atoms with van der Waals surface area (Å²) in [6, 6.07) is 11.4. The number of halogens is 1. The molecule has 132 valence electrons. The van der Waals surface area contributed by atoms with Crippen LogP contribution in [-0.2, 0) is 4.79 Å². The second-order valence-electron chi connectivity index (χ2n) is 7.21. The average molecular weight is 367 g/mol. The van der Waals surface area contributed by atoms with Crippen LogP contribution in [0.2, 0.25) is 0 Å². The van der Waals surface area contributed by atoms with Gasteiger partial charge < -0.3 is 10.2 Å². The minimum atomic E-state index is -0.216. The Morgan fingerprint density at radius 1 is 1.08 bits per heavy atom. The molecule has 0 aromatic heterocycles. The summed E-state index contributed by atoms with van der Waals surface area (Å²) in [5.74, 6) is 0.431. The highest BCUT2D eigenvalue weighted by Crippen LogP contribution is 2.48. The molecule has 2 atom stereocenters. The highest BCUT2D eigenvalue weighted by Gasteiger charge is 2.49. The lowest BCUT2D eigenvalue weighted by atomic mass is 10.0. The summed E-state index contributed by atoms with van der Waals surface area (Å²) in [5, 5.41) is 3.52. The third-order valence-electron chi connectivity index (χ3n) is 5.75. The van der Waals surface area contributed by atoms with E-state index in [1.165, 1.54) is 30.6 Å². The van der Waals surface area contributed by atoms with Gasteiger partial charge in [-0.3, -0.25) is 4.79 Å². The molecule has 2 unspecified atom stereocenters. The molecule has 3 fully saturated rings. The number of hydrogen-bond donors (Lipinski definition) is 1. The van der Waals surface area contributed by atoms with Gasteiger partial charge >= 0.3 is 0 Å². The molecule has 1 N–H and O–H groups in total. The number of nitrogens with zero attached hydrogens (tertiary/aromatic N) is 1. The predicted octanol–water partition coefficient (Wildman–Crippen LogP) is 3.87. The molecule has 2 saturated heterocycles. The van der Waals surface area contributed by atoms with Crippen LogP contribution in [0.5, 0.6) is 0 Å². The van der Waals surface area contributed by atoms with Gasteiger partial charge in [0.15, 0.2) is 0 Å². The zero-order valence-electron chi connectivity index (χ0n) is 14.1. The lowest BCUT2D eigenvalue weighted by Gasteiger charge is -2.37. The number of fused-ring (bicyclic) bond motifs is 2. The van der Waals surface area contributed by atoms with Crippen LogP contribution in [-0.4, -0.2) is 40.7 Å². The monoisotopic (exact) mass is 366 g/mol. The van der Waals surface area contributed by atoms with Crippen molar-refractivity contribution >= 4 is 30.1 Å². The molecule has 0 spiro atoms. The minimum absolute atomic E-state index is 0. The number of carbonyl (C=O) groups excluding carboxylic acids is 1. The summed E-state index contributed by atoms with van der Waals surface area (Å²) < 4.78 is -0.216. The van der Waals surface area contributed by atoms with Crippen LogP contribution in [0, 0.1) is 0 Å². The zero-order chi connectivity index (χ0) is 15.7. The standard InChI is InChI=1S/C19H26N2OS.ClH/c22-18(21-15-8-9-16(21)14-20-13-10-15)19(11-4-5-12-19)23-17-6-2-1-3-7-17;/h1-3,6-7,15-16,20H,4-5,8-14H2;1H. The van der Waals surface area contributed by atoms with Crippen molar-refractivity contribution < 1.29 is 4.79 Å². The van der Waals surface area contributed by atoms with E-state index in [-0.39, 0.29) is 17.2 Å². The van der Waals surface area contributed by atoms with E-state index in [4.69, 9.17) is 0 Å². The van der Waals surface area contributed by atoms with Crippen molar-refractivity contribution in [2.24, 2.45) is 0 Å². The zero-order valence-corrected chi connectivity index (χ0v) is 15.7. The fourth-order valence-corrected chi connectivity index (χ4v) is 6.00. The Balaban J connectivity index is 0.00000169. The SMILES string of the molecule is Cl.O=C(N1C2CCNCC1CC2)C1(Sc2ccccc2)CCCC1. The molecular weight excluding hydrogens is 340 g/mol. The molecule has 2 aliphatic heterocycles. The number of nitrogens with one attached hydrogen (secondary N) is 1. The number of benzene rings is 1. The molecule has 0 radical (unpaired) electrons. The maximum absolute atomic E-state index is 13.6. The van der Waals surface area contributed by atoms with Gasteiger partial charge in [-0.25, -0.2) is 0 Å². The van der Waals surface area contributed by atoms with Crippen LogP contribution < -0.4 is 5.32 Å². The van der Waals surface area contributed by atoms with Gasteiger partial charge in [-0.2, -0.15) is 0 Å². The molecule has 4 rings (SSSR count). The molecule has 5 heteroatoms. The van der Waals surface area contributed by atoms with E-state index in [1.54, 1.807) is 0 Å². The van der Waals surface area contributed by atoms with Gasteiger partial charge in [0.1, 0.15) is 0 Å². The van der Waals surface area contributed by atoms with Gasteiger partial charge in [0.05, 0.1) is 4.75 Å². The molecule has 1 saturated carbocycles. The summed E-state index contributed by atoms with van der Waals surface area (Å²) in [6.45, 7) is 2.04. The van der Waals surface area contributed by atoms with Crippen LogP contribution in [0.4, 0.5) is 0 Å². The quantitative estimate of drug-likeness (QED) is 0.881. The van der Waals surface area contributed by atoms with Crippen molar-refractivity contribution in [2.45, 2.75) is 66.7 Å². The highest BCUT2D eigenvalue weighted by molar-refractivity contribution is 8.01. The van der Waals surface area contributed by atoms with Gasteiger partial charge in [0.25, 0.3) is 0 Å². The fraction of sp³-hybridized carbons (Fsp3) is 0.632. The van der Waals surface area contributed by atoms with E-state index >= 15 is 0 Å². The van der Waals surface area contributed by atoms with Crippen LogP contribution in [0.3, 0.4) is 0 Å². The Labute approximate surface area is 155 Å². The molecule has 1 aromatic carbocycles. The summed E-state index contributed by atoms with van der Waals surface area (Å²) in [5.41, 5.74) is 0. The van der Waals surface area contributed by atoms with E-state index < -0.39 is 0 Å². The van der Waals surface area contributed by atoms with Crippen LogP contribution in [0.25, 0.3) is 0 Å². The van der Waals surface area contributed by atoms with Crippen LogP contribution in [0.1, 0.15) is 44.9 Å². The maximum Gasteiger partial charge on any atom is 0.239 e. The largest absolute Gasteiger partial charge is 0.334 e. The van der Waals surface area contributed by atoms with E-state index in [0.717, 1.165) is 32.4 Å². The molecule has 3 nitrogen and oxygen atoms in total. The Bertz CT molecular complexity index is 548. The molecule has 1 amide bonds. The van der Waals surface area contributed by atoms with E-state index in [2.05, 4.69) is 34.5 Å². The van der Waals surface area contributed by atoms with Crippen molar-refractivity contribution in [3.05, 3.63) is 30.3 Å². The van der Waals surface area contributed by atoms with Gasteiger partial charge in [-0.15, -0.1) is 24.2 Å². The molecule has 24 heavy (non-hydrogen) atoms.